The summed E-state index contributed by atoms with van der Waals surface area (Å²) in [6.45, 7) is 3.96. The van der Waals surface area contributed by atoms with Gasteiger partial charge in [-0.1, -0.05) is 26.7 Å². The molecule has 29 heavy (non-hydrogen) atoms. The van der Waals surface area contributed by atoms with Gasteiger partial charge in [0, 0.05) is 11.5 Å². The number of esters is 1. The smallest absolute Gasteiger partial charge is 0.325 e. The van der Waals surface area contributed by atoms with Crippen molar-refractivity contribution in [1.82, 2.24) is 10.6 Å². The molecule has 162 valence electrons. The van der Waals surface area contributed by atoms with Crippen LogP contribution < -0.4 is 10.6 Å². The van der Waals surface area contributed by atoms with Crippen LogP contribution in [0.3, 0.4) is 0 Å². The van der Waals surface area contributed by atoms with E-state index in [1.807, 2.05) is 0 Å². The Kier molecular flexibility index (Phi) is 5.90. The first-order valence-corrected chi connectivity index (χ1v) is 11.6. The van der Waals surface area contributed by atoms with Crippen molar-refractivity contribution in [3.63, 3.8) is 0 Å². The zero-order valence-electron chi connectivity index (χ0n) is 17.9. The van der Waals surface area contributed by atoms with Gasteiger partial charge in [0.2, 0.25) is 5.91 Å². The second-order valence-electron chi connectivity index (χ2n) is 10.5. The van der Waals surface area contributed by atoms with Crippen molar-refractivity contribution in [2.24, 2.45) is 35.0 Å². The average Bonchev–Trinajstić information content (AvgIpc) is 2.67. The molecule has 6 heteroatoms. The molecule has 0 aromatic heterocycles. The van der Waals surface area contributed by atoms with Gasteiger partial charge in [0.25, 0.3) is 5.91 Å². The maximum absolute atomic E-state index is 12.9. The molecule has 5 saturated carbocycles. The lowest BCUT2D eigenvalue weighted by Crippen LogP contribution is -2.54. The largest absolute Gasteiger partial charge is 0.454 e. The van der Waals surface area contributed by atoms with Crippen LogP contribution in [0.2, 0.25) is 0 Å². The molecule has 2 amide bonds. The van der Waals surface area contributed by atoms with Crippen LogP contribution in [-0.2, 0) is 19.1 Å². The minimum atomic E-state index is -0.539. The van der Waals surface area contributed by atoms with Crippen LogP contribution in [0.1, 0.15) is 71.6 Å². The molecule has 2 N–H and O–H groups in total. The normalized spacial score (nSPS) is 40.3. The first-order chi connectivity index (χ1) is 13.8. The Labute approximate surface area is 173 Å². The number of hydrogen-bond donors (Lipinski definition) is 2. The van der Waals surface area contributed by atoms with Crippen molar-refractivity contribution in [2.75, 3.05) is 13.2 Å². The van der Waals surface area contributed by atoms with Gasteiger partial charge in [0.15, 0.2) is 6.61 Å². The molecule has 0 spiro atoms. The fourth-order valence-electron chi connectivity index (χ4n) is 6.96. The van der Waals surface area contributed by atoms with Gasteiger partial charge in [-0.15, -0.1) is 0 Å². The molecule has 0 aromatic rings. The Hall–Kier alpha value is -1.59. The van der Waals surface area contributed by atoms with Gasteiger partial charge in [-0.3, -0.25) is 14.4 Å². The van der Waals surface area contributed by atoms with E-state index in [0.29, 0.717) is 29.6 Å². The number of carbonyl (C=O) groups is 3. The molecule has 0 radical (unpaired) electrons. The summed E-state index contributed by atoms with van der Waals surface area (Å²) in [5.41, 5.74) is -0.264. The summed E-state index contributed by atoms with van der Waals surface area (Å²) in [7, 11) is 0. The topological polar surface area (TPSA) is 84.5 Å². The third kappa shape index (κ3) is 4.46. The summed E-state index contributed by atoms with van der Waals surface area (Å²) in [4.78, 5) is 37.1. The van der Waals surface area contributed by atoms with Gasteiger partial charge in [-0.2, -0.15) is 0 Å². The van der Waals surface area contributed by atoms with E-state index in [1.165, 1.54) is 25.7 Å². The van der Waals surface area contributed by atoms with Gasteiger partial charge < -0.3 is 15.4 Å². The molecular formula is C23H36N2O4. The second kappa shape index (κ2) is 8.27. The van der Waals surface area contributed by atoms with E-state index in [4.69, 9.17) is 4.74 Å². The second-order valence-corrected chi connectivity index (χ2v) is 10.5. The molecule has 5 aliphatic carbocycles. The van der Waals surface area contributed by atoms with Crippen LogP contribution >= 0.6 is 0 Å². The highest BCUT2D eigenvalue weighted by Crippen LogP contribution is 2.60. The van der Waals surface area contributed by atoms with Gasteiger partial charge in [0.1, 0.15) is 6.54 Å². The lowest BCUT2D eigenvalue weighted by Gasteiger charge is -2.55. The van der Waals surface area contributed by atoms with Crippen LogP contribution in [0.25, 0.3) is 0 Å². The summed E-state index contributed by atoms with van der Waals surface area (Å²) in [5, 5.41) is 5.82. The quantitative estimate of drug-likeness (QED) is 0.667. The minimum absolute atomic E-state index is 0.0167. The molecular weight excluding hydrogens is 368 g/mol. The number of amides is 2. The molecule has 4 bridgehead atoms. The van der Waals surface area contributed by atoms with Crippen LogP contribution in [-0.4, -0.2) is 37.0 Å². The Morgan fingerprint density at radius 1 is 0.966 bits per heavy atom. The predicted molar refractivity (Wildman–Crippen MR) is 109 cm³/mol. The first-order valence-electron chi connectivity index (χ1n) is 11.6. The average molecular weight is 405 g/mol. The zero-order valence-corrected chi connectivity index (χ0v) is 17.9. The molecule has 3 atom stereocenters. The summed E-state index contributed by atoms with van der Waals surface area (Å²) in [6, 6.07) is 0.153. The van der Waals surface area contributed by atoms with E-state index >= 15 is 0 Å². The number of rotatable bonds is 6. The van der Waals surface area contributed by atoms with Crippen molar-refractivity contribution in [3.05, 3.63) is 0 Å². The maximum Gasteiger partial charge on any atom is 0.325 e. The lowest BCUT2D eigenvalue weighted by atomic mass is 9.49. The summed E-state index contributed by atoms with van der Waals surface area (Å²) < 4.78 is 5.11. The third-order valence-corrected chi connectivity index (χ3v) is 8.33. The monoisotopic (exact) mass is 404 g/mol. The van der Waals surface area contributed by atoms with Gasteiger partial charge in [-0.05, 0) is 74.5 Å². The van der Waals surface area contributed by atoms with Crippen molar-refractivity contribution < 1.29 is 19.1 Å². The van der Waals surface area contributed by atoms with Crippen molar-refractivity contribution in [1.29, 1.82) is 0 Å². The summed E-state index contributed by atoms with van der Waals surface area (Å²) in [5.74, 6) is 2.31. The van der Waals surface area contributed by atoms with Crippen LogP contribution in [0, 0.1) is 35.0 Å². The molecule has 0 aromatic carbocycles. The maximum atomic E-state index is 12.9. The minimum Gasteiger partial charge on any atom is -0.454 e. The highest BCUT2D eigenvalue weighted by Gasteiger charge is 2.54. The third-order valence-electron chi connectivity index (χ3n) is 8.33. The van der Waals surface area contributed by atoms with E-state index in [1.54, 1.807) is 0 Å². The number of hydrogen-bond acceptors (Lipinski definition) is 4. The first kappa shape index (κ1) is 20.7. The fraction of sp³-hybridized carbons (Fsp3) is 0.870. The fourth-order valence-corrected chi connectivity index (χ4v) is 6.96. The van der Waals surface area contributed by atoms with Crippen LogP contribution in [0.15, 0.2) is 0 Å². The molecule has 0 unspecified atom stereocenters. The van der Waals surface area contributed by atoms with E-state index in [2.05, 4.69) is 24.5 Å². The van der Waals surface area contributed by atoms with Crippen molar-refractivity contribution in [2.45, 2.75) is 77.7 Å². The van der Waals surface area contributed by atoms with E-state index in [9.17, 15) is 14.4 Å². The van der Waals surface area contributed by atoms with E-state index in [-0.39, 0.29) is 36.4 Å². The van der Waals surface area contributed by atoms with E-state index < -0.39 is 5.97 Å². The number of carbonyl (C=O) groups excluding carboxylic acids is 3. The van der Waals surface area contributed by atoms with Crippen molar-refractivity contribution in [3.8, 4) is 0 Å². The van der Waals surface area contributed by atoms with Gasteiger partial charge in [0.05, 0.1) is 0 Å². The Morgan fingerprint density at radius 2 is 1.59 bits per heavy atom. The highest BCUT2D eigenvalue weighted by atomic mass is 16.5. The molecule has 6 nitrogen and oxygen atoms in total. The number of nitrogens with one attached hydrogen (secondary N) is 2. The molecule has 5 fully saturated rings. The summed E-state index contributed by atoms with van der Waals surface area (Å²) in [6.07, 6.45) is 10.1. The van der Waals surface area contributed by atoms with Crippen molar-refractivity contribution >= 4 is 17.8 Å². The van der Waals surface area contributed by atoms with Crippen LogP contribution in [0.4, 0.5) is 0 Å². The highest BCUT2D eigenvalue weighted by molar-refractivity contribution is 5.87. The van der Waals surface area contributed by atoms with Crippen LogP contribution in [0.5, 0.6) is 0 Å². The Bertz CT molecular complexity index is 626. The number of ether oxygens (including phenoxy) is 1. The Morgan fingerprint density at radius 3 is 2.21 bits per heavy atom. The lowest BCUT2D eigenvalue weighted by molar-refractivity contribution is -0.152. The van der Waals surface area contributed by atoms with Gasteiger partial charge in [-0.25, -0.2) is 0 Å². The SMILES string of the molecule is C[C@H]1[C@@H](NC(=O)COC(=O)CNC(=O)C23CC4CC(CC(C4)C2)C3)CCC[C@@H]1C. The summed E-state index contributed by atoms with van der Waals surface area (Å²) >= 11 is 0. The predicted octanol–water partition coefficient (Wildman–Crippen LogP) is 2.80. The Balaban J connectivity index is 1.18. The van der Waals surface area contributed by atoms with E-state index in [0.717, 1.165) is 32.1 Å². The van der Waals surface area contributed by atoms with Gasteiger partial charge >= 0.3 is 5.97 Å². The molecule has 0 saturated heterocycles. The molecule has 0 heterocycles. The molecule has 0 aliphatic heterocycles. The zero-order chi connectivity index (χ0) is 20.6. The molecule has 5 rings (SSSR count). The molecule has 5 aliphatic rings. The standard InChI is InChI=1S/C23H36N2O4/c1-14-4-3-5-19(15(14)2)25-20(26)13-29-21(27)12-24-22(28)23-9-16-6-17(10-23)8-18(7-16)11-23/h14-19H,3-13H2,1-2H3,(H,24,28)(H,25,26)/t14-,15+,16?,17?,18?,19-,23?/m0/s1.